The second kappa shape index (κ2) is 4.47. The lowest BCUT2D eigenvalue weighted by molar-refractivity contribution is -0.141. The minimum absolute atomic E-state index is 0.0508. The summed E-state index contributed by atoms with van der Waals surface area (Å²) < 4.78 is 6.21. The summed E-state index contributed by atoms with van der Waals surface area (Å²) >= 11 is 0. The van der Waals surface area contributed by atoms with Crippen LogP contribution in [-0.2, 0) is 14.3 Å². The van der Waals surface area contributed by atoms with Crippen LogP contribution in [-0.4, -0.2) is 24.8 Å². The molecular formula is C20H30O3. The van der Waals surface area contributed by atoms with Gasteiger partial charge in [-0.3, -0.25) is 9.59 Å². The van der Waals surface area contributed by atoms with Crippen LogP contribution in [0.25, 0.3) is 0 Å². The average Bonchev–Trinajstić information content (AvgIpc) is 3.00. The Labute approximate surface area is 139 Å². The van der Waals surface area contributed by atoms with Crippen LogP contribution in [0.4, 0.5) is 0 Å². The fourth-order valence-corrected chi connectivity index (χ4v) is 6.62. The van der Waals surface area contributed by atoms with Gasteiger partial charge in [-0.25, -0.2) is 0 Å². The maximum atomic E-state index is 12.6. The highest BCUT2D eigenvalue weighted by molar-refractivity contribution is 5.90. The van der Waals surface area contributed by atoms with Crippen molar-refractivity contribution in [1.82, 2.24) is 0 Å². The quantitative estimate of drug-likeness (QED) is 0.792. The van der Waals surface area contributed by atoms with E-state index < -0.39 is 0 Å². The lowest BCUT2D eigenvalue weighted by Gasteiger charge is -2.40. The van der Waals surface area contributed by atoms with Crippen LogP contribution >= 0.6 is 0 Å². The molecule has 0 aromatic carbocycles. The first-order valence-corrected chi connectivity index (χ1v) is 9.32. The molecule has 4 aliphatic rings. The van der Waals surface area contributed by atoms with Crippen LogP contribution in [0.5, 0.6) is 0 Å². The molecule has 0 aromatic rings. The SMILES string of the molecule is CC1(C)C2CCC1(COCC13CCC(CC1=O)C3(C)C)C(=O)C2. The van der Waals surface area contributed by atoms with Crippen LogP contribution < -0.4 is 0 Å². The molecule has 0 saturated heterocycles. The third-order valence-electron chi connectivity index (χ3n) is 8.98. The number of carbonyl (C=O) groups is 2. The van der Waals surface area contributed by atoms with Crippen molar-refractivity contribution in [2.75, 3.05) is 13.2 Å². The van der Waals surface area contributed by atoms with Gasteiger partial charge in [-0.15, -0.1) is 0 Å². The number of carbonyl (C=O) groups excluding carboxylic acids is 2. The molecular weight excluding hydrogens is 288 g/mol. The molecule has 0 aliphatic heterocycles. The van der Waals surface area contributed by atoms with E-state index in [4.69, 9.17) is 4.74 Å². The second-order valence-electron chi connectivity index (χ2n) is 9.83. The third-order valence-corrected chi connectivity index (χ3v) is 8.98. The fraction of sp³-hybridized carbons (Fsp3) is 0.900. The zero-order valence-electron chi connectivity index (χ0n) is 15.0. The van der Waals surface area contributed by atoms with Gasteiger partial charge < -0.3 is 4.74 Å². The molecule has 4 fully saturated rings. The molecule has 0 aromatic heterocycles. The van der Waals surface area contributed by atoms with E-state index >= 15 is 0 Å². The summed E-state index contributed by atoms with van der Waals surface area (Å²) in [4.78, 5) is 25.2. The van der Waals surface area contributed by atoms with Crippen molar-refractivity contribution in [2.24, 2.45) is 33.5 Å². The Bertz CT molecular complexity index is 525. The molecule has 4 saturated carbocycles. The maximum absolute atomic E-state index is 12.6. The van der Waals surface area contributed by atoms with E-state index in [0.717, 1.165) is 38.5 Å². The van der Waals surface area contributed by atoms with Crippen molar-refractivity contribution in [3.05, 3.63) is 0 Å². The molecule has 0 radical (unpaired) electrons. The molecule has 4 unspecified atom stereocenters. The van der Waals surface area contributed by atoms with Crippen molar-refractivity contribution < 1.29 is 14.3 Å². The largest absolute Gasteiger partial charge is 0.379 e. The van der Waals surface area contributed by atoms with Gasteiger partial charge in [-0.2, -0.15) is 0 Å². The highest BCUT2D eigenvalue weighted by Gasteiger charge is 2.66. The van der Waals surface area contributed by atoms with E-state index in [1.807, 2.05) is 0 Å². The summed E-state index contributed by atoms with van der Waals surface area (Å²) in [6, 6.07) is 0. The molecule has 4 atom stereocenters. The highest BCUT2D eigenvalue weighted by Crippen LogP contribution is 2.66. The zero-order chi connectivity index (χ0) is 16.7. The molecule has 4 bridgehead atoms. The first-order valence-electron chi connectivity index (χ1n) is 9.32. The molecule has 4 rings (SSSR count). The van der Waals surface area contributed by atoms with Gasteiger partial charge in [0.05, 0.1) is 24.0 Å². The average molecular weight is 318 g/mol. The maximum Gasteiger partial charge on any atom is 0.142 e. The standard InChI is InChI=1S/C20H30O3/c1-17(2)13-5-7-19(17,15(21)9-13)11-23-12-20-8-6-14(10-16(20)22)18(20,3)4/h13-14H,5-12H2,1-4H3. The van der Waals surface area contributed by atoms with Crippen molar-refractivity contribution in [2.45, 2.75) is 66.2 Å². The lowest BCUT2D eigenvalue weighted by atomic mass is 9.68. The lowest BCUT2D eigenvalue weighted by Crippen LogP contribution is -2.44. The Morgan fingerprint density at radius 2 is 1.22 bits per heavy atom. The second-order valence-corrected chi connectivity index (χ2v) is 9.83. The highest BCUT2D eigenvalue weighted by atomic mass is 16.5. The van der Waals surface area contributed by atoms with Gasteiger partial charge in [0.15, 0.2) is 0 Å². The first kappa shape index (κ1) is 15.8. The van der Waals surface area contributed by atoms with Gasteiger partial charge in [0, 0.05) is 12.8 Å². The van der Waals surface area contributed by atoms with Crippen molar-refractivity contribution in [3.8, 4) is 0 Å². The normalized spacial score (nSPS) is 46.1. The molecule has 4 aliphatic carbocycles. The Hall–Kier alpha value is -0.700. The first-order chi connectivity index (χ1) is 10.7. The molecule has 0 spiro atoms. The smallest absolute Gasteiger partial charge is 0.142 e. The molecule has 23 heavy (non-hydrogen) atoms. The summed E-state index contributed by atoms with van der Waals surface area (Å²) in [5, 5.41) is 0. The van der Waals surface area contributed by atoms with Gasteiger partial charge in [0.25, 0.3) is 0 Å². The Morgan fingerprint density at radius 3 is 1.48 bits per heavy atom. The van der Waals surface area contributed by atoms with Gasteiger partial charge in [0.1, 0.15) is 11.6 Å². The summed E-state index contributed by atoms with van der Waals surface area (Å²) in [7, 11) is 0. The molecule has 0 heterocycles. The topological polar surface area (TPSA) is 43.4 Å². The van der Waals surface area contributed by atoms with Crippen LogP contribution in [0.15, 0.2) is 0 Å². The van der Waals surface area contributed by atoms with E-state index in [2.05, 4.69) is 27.7 Å². The van der Waals surface area contributed by atoms with Crippen LogP contribution in [0.1, 0.15) is 66.2 Å². The fourth-order valence-electron chi connectivity index (χ4n) is 6.62. The molecule has 0 N–H and O–H groups in total. The van der Waals surface area contributed by atoms with E-state index in [1.54, 1.807) is 0 Å². The van der Waals surface area contributed by atoms with Crippen molar-refractivity contribution in [3.63, 3.8) is 0 Å². The van der Waals surface area contributed by atoms with Gasteiger partial charge in [0.2, 0.25) is 0 Å². The van der Waals surface area contributed by atoms with E-state index in [9.17, 15) is 9.59 Å². The predicted molar refractivity (Wildman–Crippen MR) is 87.9 cm³/mol. The Morgan fingerprint density at radius 1 is 0.826 bits per heavy atom. The van der Waals surface area contributed by atoms with Crippen LogP contribution in [0, 0.1) is 33.5 Å². The Balaban J connectivity index is 1.51. The van der Waals surface area contributed by atoms with Crippen LogP contribution in [0.2, 0.25) is 0 Å². The van der Waals surface area contributed by atoms with E-state index in [0.29, 0.717) is 36.6 Å². The van der Waals surface area contributed by atoms with Crippen LogP contribution in [0.3, 0.4) is 0 Å². The minimum Gasteiger partial charge on any atom is -0.379 e. The zero-order valence-corrected chi connectivity index (χ0v) is 15.0. The molecule has 128 valence electrons. The summed E-state index contributed by atoms with van der Waals surface area (Å²) in [6.45, 7) is 10.0. The summed E-state index contributed by atoms with van der Waals surface area (Å²) in [5.74, 6) is 1.85. The minimum atomic E-state index is -0.294. The summed E-state index contributed by atoms with van der Waals surface area (Å²) in [5.41, 5.74) is -0.486. The monoisotopic (exact) mass is 318 g/mol. The number of ether oxygens (including phenoxy) is 1. The molecule has 3 heteroatoms. The number of hydrogen-bond acceptors (Lipinski definition) is 3. The number of Topliss-reactive ketones (excluding diaryl/α,β-unsaturated/α-hetero) is 2. The van der Waals surface area contributed by atoms with Gasteiger partial charge in [-0.1, -0.05) is 27.7 Å². The summed E-state index contributed by atoms with van der Waals surface area (Å²) in [6.07, 6.45) is 5.70. The number of fused-ring (bicyclic) bond motifs is 4. The predicted octanol–water partition coefficient (Wildman–Crippen LogP) is 3.79. The number of rotatable bonds is 4. The third kappa shape index (κ3) is 1.65. The van der Waals surface area contributed by atoms with Gasteiger partial charge >= 0.3 is 0 Å². The van der Waals surface area contributed by atoms with Gasteiger partial charge in [-0.05, 0) is 48.3 Å². The molecule has 3 nitrogen and oxygen atoms in total. The van der Waals surface area contributed by atoms with Crippen molar-refractivity contribution in [1.29, 1.82) is 0 Å². The van der Waals surface area contributed by atoms with E-state index in [-0.39, 0.29) is 21.7 Å². The van der Waals surface area contributed by atoms with Crippen molar-refractivity contribution >= 4 is 11.6 Å². The number of hydrogen-bond donors (Lipinski definition) is 0. The number of ketones is 2. The van der Waals surface area contributed by atoms with E-state index in [1.165, 1.54) is 0 Å². The Kier molecular flexibility index (Phi) is 3.07. The molecule has 0 amide bonds.